The second-order valence-corrected chi connectivity index (χ2v) is 10.2. The van der Waals surface area contributed by atoms with Crippen LogP contribution in [-0.4, -0.2) is 59.7 Å². The molecule has 0 N–H and O–H groups in total. The highest BCUT2D eigenvalue weighted by atomic mass is 16.5. The molecule has 5 heteroatoms. The number of morpholine rings is 1. The Labute approximate surface area is 224 Å². The van der Waals surface area contributed by atoms with Gasteiger partial charge < -0.3 is 14.2 Å². The predicted molar refractivity (Wildman–Crippen MR) is 156 cm³/mol. The van der Waals surface area contributed by atoms with Gasteiger partial charge in [-0.3, -0.25) is 9.69 Å². The first-order chi connectivity index (χ1) is 18.7. The van der Waals surface area contributed by atoms with E-state index in [0.717, 1.165) is 67.7 Å². The van der Waals surface area contributed by atoms with E-state index in [2.05, 4.69) is 77.1 Å². The minimum absolute atomic E-state index is 0.0971. The van der Waals surface area contributed by atoms with Crippen LogP contribution in [0.3, 0.4) is 0 Å². The molecule has 1 saturated heterocycles. The van der Waals surface area contributed by atoms with Gasteiger partial charge >= 0.3 is 0 Å². The lowest BCUT2D eigenvalue weighted by molar-refractivity contribution is 0.0355. The van der Waals surface area contributed by atoms with Crippen molar-refractivity contribution in [1.29, 1.82) is 0 Å². The SMILES string of the molecule is CCn1c2ccccc2c2cc(CN(CCCN3CCOCC3)C(=O)c3cccc4ccccc34)ccc21. The van der Waals surface area contributed by atoms with Crippen molar-refractivity contribution < 1.29 is 9.53 Å². The van der Waals surface area contributed by atoms with Crippen molar-refractivity contribution in [3.8, 4) is 0 Å². The molecule has 194 valence electrons. The Bertz CT molecular complexity index is 1580. The Morgan fingerprint density at radius 3 is 2.42 bits per heavy atom. The van der Waals surface area contributed by atoms with Gasteiger partial charge in [-0.05, 0) is 53.9 Å². The van der Waals surface area contributed by atoms with Gasteiger partial charge in [-0.15, -0.1) is 0 Å². The highest BCUT2D eigenvalue weighted by molar-refractivity contribution is 6.09. The van der Waals surface area contributed by atoms with E-state index >= 15 is 0 Å². The number of benzene rings is 4. The van der Waals surface area contributed by atoms with Crippen LogP contribution in [0.1, 0.15) is 29.3 Å². The van der Waals surface area contributed by atoms with E-state index < -0.39 is 0 Å². The smallest absolute Gasteiger partial charge is 0.254 e. The van der Waals surface area contributed by atoms with Crippen LogP contribution >= 0.6 is 0 Å². The minimum Gasteiger partial charge on any atom is -0.379 e. The van der Waals surface area contributed by atoms with Crippen LogP contribution in [0.15, 0.2) is 84.9 Å². The van der Waals surface area contributed by atoms with Crippen LogP contribution in [0.25, 0.3) is 32.6 Å². The van der Waals surface area contributed by atoms with Gasteiger partial charge in [0.1, 0.15) is 0 Å². The zero-order valence-corrected chi connectivity index (χ0v) is 22.1. The van der Waals surface area contributed by atoms with Gasteiger partial charge in [0.15, 0.2) is 0 Å². The molecule has 1 amide bonds. The van der Waals surface area contributed by atoms with Crippen LogP contribution in [0, 0.1) is 0 Å². The number of fused-ring (bicyclic) bond motifs is 4. The number of nitrogens with zero attached hydrogens (tertiary/aromatic N) is 3. The molecule has 2 heterocycles. The second kappa shape index (κ2) is 11.0. The van der Waals surface area contributed by atoms with E-state index in [9.17, 15) is 4.79 Å². The molecular formula is C33H35N3O2. The van der Waals surface area contributed by atoms with Gasteiger partial charge in [-0.1, -0.05) is 60.7 Å². The third-order valence-electron chi connectivity index (χ3n) is 7.84. The van der Waals surface area contributed by atoms with Crippen molar-refractivity contribution in [3.63, 3.8) is 0 Å². The fraction of sp³-hybridized carbons (Fsp3) is 0.303. The molecule has 0 bridgehead atoms. The fourth-order valence-electron chi connectivity index (χ4n) is 5.90. The molecule has 6 rings (SSSR count). The minimum atomic E-state index is 0.0971. The summed E-state index contributed by atoms with van der Waals surface area (Å²) in [5.41, 5.74) is 4.45. The Hall–Kier alpha value is -3.67. The number of ether oxygens (including phenoxy) is 1. The normalized spacial score (nSPS) is 14.4. The molecule has 0 radical (unpaired) electrons. The number of hydrogen-bond donors (Lipinski definition) is 0. The van der Waals surface area contributed by atoms with E-state index in [1.165, 1.54) is 21.8 Å². The molecule has 1 aliphatic rings. The van der Waals surface area contributed by atoms with E-state index in [4.69, 9.17) is 4.74 Å². The summed E-state index contributed by atoms with van der Waals surface area (Å²) in [6, 6.07) is 29.5. The van der Waals surface area contributed by atoms with E-state index in [1.807, 2.05) is 29.2 Å². The highest BCUT2D eigenvalue weighted by Crippen LogP contribution is 2.30. The molecule has 38 heavy (non-hydrogen) atoms. The molecule has 0 unspecified atom stereocenters. The van der Waals surface area contributed by atoms with Gasteiger partial charge in [0.2, 0.25) is 0 Å². The fourth-order valence-corrected chi connectivity index (χ4v) is 5.90. The van der Waals surface area contributed by atoms with E-state index in [-0.39, 0.29) is 5.91 Å². The number of hydrogen-bond acceptors (Lipinski definition) is 3. The maximum absolute atomic E-state index is 14.1. The largest absolute Gasteiger partial charge is 0.379 e. The molecule has 1 aliphatic heterocycles. The number of carbonyl (C=O) groups is 1. The van der Waals surface area contributed by atoms with Gasteiger partial charge in [0, 0.05) is 66.6 Å². The topological polar surface area (TPSA) is 37.7 Å². The summed E-state index contributed by atoms with van der Waals surface area (Å²) in [5, 5.41) is 4.64. The van der Waals surface area contributed by atoms with Gasteiger partial charge in [0.05, 0.1) is 13.2 Å². The Balaban J connectivity index is 1.32. The summed E-state index contributed by atoms with van der Waals surface area (Å²) in [7, 11) is 0. The van der Waals surface area contributed by atoms with Crippen LogP contribution in [-0.2, 0) is 17.8 Å². The molecule has 4 aromatic carbocycles. The number of amides is 1. The van der Waals surface area contributed by atoms with Crippen LogP contribution in [0.5, 0.6) is 0 Å². The van der Waals surface area contributed by atoms with E-state index in [0.29, 0.717) is 13.1 Å². The molecule has 5 aromatic rings. The van der Waals surface area contributed by atoms with Crippen LogP contribution in [0.4, 0.5) is 0 Å². The van der Waals surface area contributed by atoms with Gasteiger partial charge in [-0.2, -0.15) is 0 Å². The summed E-state index contributed by atoms with van der Waals surface area (Å²) in [6.07, 6.45) is 0.938. The number of carbonyl (C=O) groups excluding carboxylic acids is 1. The number of para-hydroxylation sites is 1. The summed E-state index contributed by atoms with van der Waals surface area (Å²) in [6.45, 7) is 8.93. The summed E-state index contributed by atoms with van der Waals surface area (Å²) in [4.78, 5) is 18.5. The average Bonchev–Trinajstić information content (AvgIpc) is 3.29. The quantitative estimate of drug-likeness (QED) is 0.247. The van der Waals surface area contributed by atoms with Crippen molar-refractivity contribution in [2.24, 2.45) is 0 Å². The monoisotopic (exact) mass is 505 g/mol. The Morgan fingerprint density at radius 1 is 0.842 bits per heavy atom. The number of aryl methyl sites for hydroxylation is 1. The lowest BCUT2D eigenvalue weighted by Crippen LogP contribution is -2.39. The zero-order chi connectivity index (χ0) is 25.9. The molecule has 5 nitrogen and oxygen atoms in total. The molecular weight excluding hydrogens is 470 g/mol. The van der Waals surface area contributed by atoms with Crippen molar-refractivity contribution in [2.45, 2.75) is 26.4 Å². The van der Waals surface area contributed by atoms with Crippen LogP contribution < -0.4 is 0 Å². The molecule has 0 atom stereocenters. The van der Waals surface area contributed by atoms with Gasteiger partial charge in [-0.25, -0.2) is 0 Å². The highest BCUT2D eigenvalue weighted by Gasteiger charge is 2.20. The van der Waals surface area contributed by atoms with Crippen LogP contribution in [0.2, 0.25) is 0 Å². The Morgan fingerprint density at radius 2 is 1.58 bits per heavy atom. The first kappa shape index (κ1) is 24.7. The molecule has 1 aromatic heterocycles. The summed E-state index contributed by atoms with van der Waals surface area (Å²) in [5.74, 6) is 0.0971. The molecule has 0 saturated carbocycles. The van der Waals surface area contributed by atoms with E-state index in [1.54, 1.807) is 0 Å². The molecule has 1 fully saturated rings. The maximum Gasteiger partial charge on any atom is 0.254 e. The molecule has 0 aliphatic carbocycles. The first-order valence-electron chi connectivity index (χ1n) is 13.8. The summed E-state index contributed by atoms with van der Waals surface area (Å²) < 4.78 is 7.88. The standard InChI is InChI=1S/C33H35N3O2/c1-2-36-31-14-6-5-12-28(31)30-23-25(15-16-32(30)36)24-35(18-8-17-34-19-21-38-22-20-34)33(37)29-13-7-10-26-9-3-4-11-27(26)29/h3-7,9-16,23H,2,8,17-22,24H2,1H3. The van der Waals surface area contributed by atoms with Crippen molar-refractivity contribution in [1.82, 2.24) is 14.4 Å². The maximum atomic E-state index is 14.1. The third-order valence-corrected chi connectivity index (χ3v) is 7.84. The van der Waals surface area contributed by atoms with Crippen molar-refractivity contribution in [3.05, 3.63) is 96.1 Å². The summed E-state index contributed by atoms with van der Waals surface area (Å²) >= 11 is 0. The number of aromatic nitrogens is 1. The average molecular weight is 506 g/mol. The second-order valence-electron chi connectivity index (χ2n) is 10.2. The lowest BCUT2D eigenvalue weighted by Gasteiger charge is -2.28. The third kappa shape index (κ3) is 4.80. The Kier molecular flexibility index (Phi) is 7.12. The first-order valence-corrected chi connectivity index (χ1v) is 13.8. The zero-order valence-electron chi connectivity index (χ0n) is 22.1. The predicted octanol–water partition coefficient (Wildman–Crippen LogP) is 6.33. The van der Waals surface area contributed by atoms with Crippen molar-refractivity contribution >= 4 is 38.5 Å². The molecule has 0 spiro atoms. The lowest BCUT2D eigenvalue weighted by atomic mass is 10.0. The number of rotatable bonds is 8. The van der Waals surface area contributed by atoms with Gasteiger partial charge in [0.25, 0.3) is 5.91 Å². The van der Waals surface area contributed by atoms with Crippen molar-refractivity contribution in [2.75, 3.05) is 39.4 Å².